The van der Waals surface area contributed by atoms with Gasteiger partial charge in [0.1, 0.15) is 0 Å². The number of anilines is 1. The normalized spacial score (nSPS) is 12.8. The minimum atomic E-state index is 0.491. The van der Waals surface area contributed by atoms with Crippen molar-refractivity contribution in [2.24, 2.45) is 0 Å². The molecule has 0 heterocycles. The van der Waals surface area contributed by atoms with Gasteiger partial charge in [-0.05, 0) is 52.7 Å². The van der Waals surface area contributed by atoms with E-state index < -0.39 is 0 Å². The predicted octanol–water partition coefficient (Wildman–Crippen LogP) is 2.94. The van der Waals surface area contributed by atoms with Gasteiger partial charge in [-0.3, -0.25) is 0 Å². The minimum Gasteiger partial charge on any atom is -0.368 e. The molecule has 1 aromatic rings. The SMILES string of the molecule is CCN(c1cc(Br)ccc1CNC)C(C)CN(C)C. The monoisotopic (exact) mass is 327 g/mol. The Morgan fingerprint density at radius 3 is 2.53 bits per heavy atom. The zero-order valence-corrected chi connectivity index (χ0v) is 14.3. The molecule has 0 aliphatic heterocycles. The predicted molar refractivity (Wildman–Crippen MR) is 87.9 cm³/mol. The van der Waals surface area contributed by atoms with Crippen molar-refractivity contribution in [2.45, 2.75) is 26.4 Å². The Hall–Kier alpha value is -0.580. The van der Waals surface area contributed by atoms with Gasteiger partial charge in [0, 0.05) is 35.8 Å². The van der Waals surface area contributed by atoms with Crippen LogP contribution in [0.5, 0.6) is 0 Å². The van der Waals surface area contributed by atoms with Crippen molar-refractivity contribution in [3.8, 4) is 0 Å². The maximum absolute atomic E-state index is 3.59. The van der Waals surface area contributed by atoms with E-state index in [0.717, 1.165) is 24.1 Å². The first-order valence-electron chi connectivity index (χ1n) is 6.84. The number of benzene rings is 1. The van der Waals surface area contributed by atoms with Crippen molar-refractivity contribution in [2.75, 3.05) is 39.1 Å². The van der Waals surface area contributed by atoms with Gasteiger partial charge in [-0.1, -0.05) is 22.0 Å². The summed E-state index contributed by atoms with van der Waals surface area (Å²) in [6.45, 7) is 7.47. The van der Waals surface area contributed by atoms with Crippen LogP contribution >= 0.6 is 15.9 Å². The Bertz CT molecular complexity index is 393. The largest absolute Gasteiger partial charge is 0.368 e. The maximum Gasteiger partial charge on any atom is 0.0425 e. The van der Waals surface area contributed by atoms with E-state index in [-0.39, 0.29) is 0 Å². The molecule has 1 N–H and O–H groups in total. The fourth-order valence-corrected chi connectivity index (χ4v) is 2.84. The van der Waals surface area contributed by atoms with Crippen molar-refractivity contribution >= 4 is 21.6 Å². The molecule has 0 bridgehead atoms. The summed E-state index contributed by atoms with van der Waals surface area (Å²) < 4.78 is 1.14. The van der Waals surface area contributed by atoms with Crippen molar-refractivity contribution in [3.63, 3.8) is 0 Å². The summed E-state index contributed by atoms with van der Waals surface area (Å²) in [6.07, 6.45) is 0. The van der Waals surface area contributed by atoms with Gasteiger partial charge in [-0.25, -0.2) is 0 Å². The molecule has 1 rings (SSSR count). The summed E-state index contributed by atoms with van der Waals surface area (Å²) in [5.74, 6) is 0. The van der Waals surface area contributed by atoms with Crippen LogP contribution in [0.15, 0.2) is 22.7 Å². The van der Waals surface area contributed by atoms with E-state index in [9.17, 15) is 0 Å². The van der Waals surface area contributed by atoms with Crippen LogP contribution in [0.2, 0.25) is 0 Å². The molecule has 1 aromatic carbocycles. The number of hydrogen-bond acceptors (Lipinski definition) is 3. The molecule has 0 fully saturated rings. The molecule has 108 valence electrons. The fourth-order valence-electron chi connectivity index (χ4n) is 2.49. The molecule has 1 atom stereocenters. The lowest BCUT2D eigenvalue weighted by Gasteiger charge is -2.33. The molecule has 3 nitrogen and oxygen atoms in total. The Morgan fingerprint density at radius 1 is 1.32 bits per heavy atom. The number of likely N-dealkylation sites (N-methyl/N-ethyl adjacent to an activating group) is 2. The van der Waals surface area contributed by atoms with Gasteiger partial charge < -0.3 is 15.1 Å². The molecule has 0 aliphatic carbocycles. The highest BCUT2D eigenvalue weighted by Crippen LogP contribution is 2.27. The lowest BCUT2D eigenvalue weighted by molar-refractivity contribution is 0.372. The van der Waals surface area contributed by atoms with Gasteiger partial charge in [0.25, 0.3) is 0 Å². The summed E-state index contributed by atoms with van der Waals surface area (Å²) in [6, 6.07) is 7.02. The Balaban J connectivity index is 3.04. The summed E-state index contributed by atoms with van der Waals surface area (Å²) in [5, 5.41) is 3.25. The van der Waals surface area contributed by atoms with Crippen LogP contribution in [-0.2, 0) is 6.54 Å². The number of hydrogen-bond donors (Lipinski definition) is 1. The molecule has 0 aromatic heterocycles. The summed E-state index contributed by atoms with van der Waals surface area (Å²) in [5.41, 5.74) is 2.67. The molecule has 0 saturated heterocycles. The smallest absolute Gasteiger partial charge is 0.0425 e. The van der Waals surface area contributed by atoms with Crippen molar-refractivity contribution in [1.29, 1.82) is 0 Å². The Labute approximate surface area is 126 Å². The summed E-state index contributed by atoms with van der Waals surface area (Å²) >= 11 is 3.59. The van der Waals surface area contributed by atoms with Gasteiger partial charge in [-0.15, -0.1) is 0 Å². The van der Waals surface area contributed by atoms with E-state index >= 15 is 0 Å². The van der Waals surface area contributed by atoms with Crippen LogP contribution in [0.3, 0.4) is 0 Å². The molecular weight excluding hydrogens is 302 g/mol. The standard InChI is InChI=1S/C15H26BrN3/c1-6-19(12(2)11-18(4)5)15-9-14(16)8-7-13(15)10-17-3/h7-9,12,17H,6,10-11H2,1-5H3. The highest BCUT2D eigenvalue weighted by molar-refractivity contribution is 9.10. The lowest BCUT2D eigenvalue weighted by Crippen LogP contribution is -2.40. The second-order valence-electron chi connectivity index (χ2n) is 5.20. The van der Waals surface area contributed by atoms with E-state index in [2.05, 4.69) is 77.2 Å². The Kier molecular flexibility index (Phi) is 6.83. The van der Waals surface area contributed by atoms with Gasteiger partial charge >= 0.3 is 0 Å². The molecule has 0 amide bonds. The number of nitrogens with zero attached hydrogens (tertiary/aromatic N) is 2. The zero-order valence-electron chi connectivity index (χ0n) is 12.7. The van der Waals surface area contributed by atoms with Crippen molar-refractivity contribution in [3.05, 3.63) is 28.2 Å². The second kappa shape index (κ2) is 7.88. The average Bonchev–Trinajstić information content (AvgIpc) is 2.32. The first kappa shape index (κ1) is 16.5. The molecule has 0 radical (unpaired) electrons. The maximum atomic E-state index is 3.59. The van der Waals surface area contributed by atoms with Crippen molar-refractivity contribution in [1.82, 2.24) is 10.2 Å². The van der Waals surface area contributed by atoms with Crippen LogP contribution in [0.1, 0.15) is 19.4 Å². The number of rotatable bonds is 7. The molecule has 0 aliphatic rings. The second-order valence-corrected chi connectivity index (χ2v) is 6.12. The number of nitrogens with one attached hydrogen (secondary N) is 1. The van der Waals surface area contributed by atoms with Crippen LogP contribution in [0.4, 0.5) is 5.69 Å². The van der Waals surface area contributed by atoms with Crippen LogP contribution < -0.4 is 10.2 Å². The topological polar surface area (TPSA) is 18.5 Å². The quantitative estimate of drug-likeness (QED) is 0.830. The van der Waals surface area contributed by atoms with Gasteiger partial charge in [-0.2, -0.15) is 0 Å². The van der Waals surface area contributed by atoms with Gasteiger partial charge in [0.2, 0.25) is 0 Å². The van der Waals surface area contributed by atoms with Crippen LogP contribution in [0.25, 0.3) is 0 Å². The number of halogens is 1. The first-order chi connectivity index (χ1) is 8.99. The van der Waals surface area contributed by atoms with Crippen LogP contribution in [-0.4, -0.2) is 45.2 Å². The zero-order chi connectivity index (χ0) is 14.4. The average molecular weight is 328 g/mol. The fraction of sp³-hybridized carbons (Fsp3) is 0.600. The molecule has 4 heteroatoms. The third-order valence-electron chi connectivity index (χ3n) is 3.23. The van der Waals surface area contributed by atoms with E-state index in [4.69, 9.17) is 0 Å². The van der Waals surface area contributed by atoms with E-state index in [0.29, 0.717) is 6.04 Å². The molecule has 0 saturated carbocycles. The van der Waals surface area contributed by atoms with E-state index in [1.807, 2.05) is 7.05 Å². The Morgan fingerprint density at radius 2 is 2.00 bits per heavy atom. The van der Waals surface area contributed by atoms with Crippen LogP contribution in [0, 0.1) is 0 Å². The molecule has 19 heavy (non-hydrogen) atoms. The van der Waals surface area contributed by atoms with Gasteiger partial charge in [0.05, 0.1) is 0 Å². The third-order valence-corrected chi connectivity index (χ3v) is 3.72. The first-order valence-corrected chi connectivity index (χ1v) is 7.63. The summed E-state index contributed by atoms with van der Waals surface area (Å²) in [4.78, 5) is 4.71. The van der Waals surface area contributed by atoms with E-state index in [1.165, 1.54) is 11.3 Å². The highest BCUT2D eigenvalue weighted by Gasteiger charge is 2.16. The van der Waals surface area contributed by atoms with Crippen molar-refractivity contribution < 1.29 is 0 Å². The van der Waals surface area contributed by atoms with Gasteiger partial charge in [0.15, 0.2) is 0 Å². The highest BCUT2D eigenvalue weighted by atomic mass is 79.9. The third kappa shape index (κ3) is 4.79. The molecular formula is C15H26BrN3. The lowest BCUT2D eigenvalue weighted by atomic mass is 10.1. The summed E-state index contributed by atoms with van der Waals surface area (Å²) in [7, 11) is 6.24. The minimum absolute atomic E-state index is 0.491. The molecule has 1 unspecified atom stereocenters. The van der Waals surface area contributed by atoms with E-state index in [1.54, 1.807) is 0 Å². The molecule has 0 spiro atoms.